The molecule has 4 rings (SSSR count). The number of aliphatic hydroxyl groups is 1. The zero-order valence-corrected chi connectivity index (χ0v) is 19.9. The van der Waals surface area contributed by atoms with Crippen molar-refractivity contribution in [2.24, 2.45) is 7.05 Å². The first-order valence-corrected chi connectivity index (χ1v) is 11.2. The summed E-state index contributed by atoms with van der Waals surface area (Å²) < 4.78 is 7.11. The van der Waals surface area contributed by atoms with Crippen molar-refractivity contribution in [1.29, 1.82) is 0 Å². The van der Waals surface area contributed by atoms with Crippen molar-refractivity contribution >= 4 is 40.0 Å². The van der Waals surface area contributed by atoms with Crippen LogP contribution in [0.15, 0.2) is 36.5 Å². The highest BCUT2D eigenvalue weighted by Gasteiger charge is 2.21. The molecule has 0 aliphatic rings. The Bertz CT molecular complexity index is 1310. The van der Waals surface area contributed by atoms with Crippen molar-refractivity contribution in [1.82, 2.24) is 29.9 Å². The number of aromatic nitrogens is 5. The Hall–Kier alpha value is -3.63. The largest absolute Gasteiger partial charge is 0.496 e. The fourth-order valence-electron chi connectivity index (χ4n) is 3.70. The van der Waals surface area contributed by atoms with Gasteiger partial charge in [-0.3, -0.25) is 9.89 Å². The minimum atomic E-state index is -0.195. The molecule has 0 atom stereocenters. The third-order valence-corrected chi connectivity index (χ3v) is 5.82. The van der Waals surface area contributed by atoms with Gasteiger partial charge in [-0.2, -0.15) is 10.1 Å². The molecule has 0 bridgehead atoms. The first-order chi connectivity index (χ1) is 16.5. The van der Waals surface area contributed by atoms with Gasteiger partial charge in [0.25, 0.3) is 5.91 Å². The monoisotopic (exact) mass is 483 g/mol. The van der Waals surface area contributed by atoms with Crippen LogP contribution in [0.25, 0.3) is 22.3 Å². The molecule has 2 heterocycles. The number of aromatic amines is 1. The Balaban J connectivity index is 1.62. The van der Waals surface area contributed by atoms with E-state index in [1.54, 1.807) is 41.0 Å². The van der Waals surface area contributed by atoms with Crippen LogP contribution in [0.3, 0.4) is 0 Å². The topological polar surface area (TPSA) is 121 Å². The fraction of sp³-hybridized carbons (Fsp3) is 0.304. The van der Waals surface area contributed by atoms with Crippen molar-refractivity contribution in [2.75, 3.05) is 32.1 Å². The highest BCUT2D eigenvalue weighted by molar-refractivity contribution is 6.38. The number of amides is 1. The lowest BCUT2D eigenvalue weighted by molar-refractivity contribution is 0.0718. The molecule has 34 heavy (non-hydrogen) atoms. The van der Waals surface area contributed by atoms with E-state index in [0.717, 1.165) is 17.3 Å². The predicted molar refractivity (Wildman–Crippen MR) is 131 cm³/mol. The normalized spacial score (nSPS) is 11.1. The van der Waals surface area contributed by atoms with Gasteiger partial charge in [-0.15, -0.1) is 5.10 Å². The number of aliphatic hydroxyl groups excluding tert-OH is 1. The Morgan fingerprint density at radius 3 is 2.85 bits per heavy atom. The van der Waals surface area contributed by atoms with Gasteiger partial charge < -0.3 is 20.1 Å². The number of nitrogens with one attached hydrogen (secondary N) is 2. The van der Waals surface area contributed by atoms with Gasteiger partial charge >= 0.3 is 0 Å². The number of methoxy groups -OCH3 is 1. The van der Waals surface area contributed by atoms with E-state index in [-0.39, 0.29) is 19.1 Å². The number of benzene rings is 2. The number of fused-ring (bicyclic) bond motifs is 1. The lowest BCUT2D eigenvalue weighted by atomic mass is 10.1. The fourth-order valence-corrected chi connectivity index (χ4v) is 3.96. The van der Waals surface area contributed by atoms with E-state index in [9.17, 15) is 9.90 Å². The Labute approximate surface area is 201 Å². The molecule has 4 aromatic rings. The second-order valence-electron chi connectivity index (χ2n) is 7.70. The molecule has 178 valence electrons. The zero-order chi connectivity index (χ0) is 24.2. The SMILES string of the molecule is CCCN(CCO)C(=O)c1ccc(-c2nc(Nc3ccc4[nH]ncc4c3Cl)n(C)n2)cc1OC. The summed E-state index contributed by atoms with van der Waals surface area (Å²) in [5.74, 6) is 1.18. The number of aryl methyl sites for hydroxylation is 1. The van der Waals surface area contributed by atoms with Gasteiger partial charge in [-0.25, -0.2) is 4.68 Å². The molecule has 3 N–H and O–H groups in total. The third kappa shape index (κ3) is 4.55. The second-order valence-corrected chi connectivity index (χ2v) is 8.07. The summed E-state index contributed by atoms with van der Waals surface area (Å²) >= 11 is 6.52. The van der Waals surface area contributed by atoms with E-state index >= 15 is 0 Å². The van der Waals surface area contributed by atoms with Crippen molar-refractivity contribution in [3.05, 3.63) is 47.1 Å². The number of hydrogen-bond acceptors (Lipinski definition) is 7. The highest BCUT2D eigenvalue weighted by atomic mass is 35.5. The summed E-state index contributed by atoms with van der Waals surface area (Å²) in [6.07, 6.45) is 2.46. The molecule has 2 aromatic carbocycles. The maximum absolute atomic E-state index is 13.0. The Morgan fingerprint density at radius 1 is 1.29 bits per heavy atom. The molecule has 0 saturated carbocycles. The number of anilines is 2. The van der Waals surface area contributed by atoms with Crippen LogP contribution in [-0.2, 0) is 7.05 Å². The van der Waals surface area contributed by atoms with Crippen molar-refractivity contribution < 1.29 is 14.6 Å². The van der Waals surface area contributed by atoms with Crippen LogP contribution < -0.4 is 10.1 Å². The van der Waals surface area contributed by atoms with Crippen LogP contribution in [0.4, 0.5) is 11.6 Å². The van der Waals surface area contributed by atoms with Crippen LogP contribution in [0.2, 0.25) is 5.02 Å². The average Bonchev–Trinajstić information content (AvgIpc) is 3.47. The van der Waals surface area contributed by atoms with Crippen molar-refractivity contribution in [2.45, 2.75) is 13.3 Å². The van der Waals surface area contributed by atoms with E-state index in [0.29, 0.717) is 45.9 Å². The van der Waals surface area contributed by atoms with Crippen LogP contribution in [0, 0.1) is 0 Å². The molecule has 0 spiro atoms. The van der Waals surface area contributed by atoms with Gasteiger partial charge in [0.1, 0.15) is 5.75 Å². The molecule has 0 aliphatic heterocycles. The zero-order valence-electron chi connectivity index (χ0n) is 19.2. The number of carbonyl (C=O) groups excluding carboxylic acids is 1. The van der Waals surface area contributed by atoms with Gasteiger partial charge in [-0.05, 0) is 30.7 Å². The summed E-state index contributed by atoms with van der Waals surface area (Å²) in [6, 6.07) is 8.94. The lowest BCUT2D eigenvalue weighted by Gasteiger charge is -2.22. The molecule has 11 heteroatoms. The molecular formula is C23H26ClN7O3. The molecule has 2 aromatic heterocycles. The van der Waals surface area contributed by atoms with E-state index in [1.165, 1.54) is 7.11 Å². The number of rotatable bonds is 9. The van der Waals surface area contributed by atoms with Crippen molar-refractivity contribution in [3.8, 4) is 17.1 Å². The van der Waals surface area contributed by atoms with Crippen molar-refractivity contribution in [3.63, 3.8) is 0 Å². The van der Waals surface area contributed by atoms with Crippen LogP contribution >= 0.6 is 11.6 Å². The summed E-state index contributed by atoms with van der Waals surface area (Å²) in [5.41, 5.74) is 2.63. The van der Waals surface area contributed by atoms with Gasteiger partial charge in [0, 0.05) is 31.1 Å². The number of halogens is 1. The van der Waals surface area contributed by atoms with Gasteiger partial charge in [0.15, 0.2) is 5.82 Å². The molecule has 0 unspecified atom stereocenters. The number of carbonyl (C=O) groups is 1. The Kier molecular flexibility index (Phi) is 6.99. The molecule has 1 amide bonds. The predicted octanol–water partition coefficient (Wildman–Crippen LogP) is 3.61. The molecular weight excluding hydrogens is 458 g/mol. The highest BCUT2D eigenvalue weighted by Crippen LogP contribution is 2.32. The lowest BCUT2D eigenvalue weighted by Crippen LogP contribution is -2.34. The van der Waals surface area contributed by atoms with Gasteiger partial charge in [0.05, 0.1) is 41.7 Å². The van der Waals surface area contributed by atoms with E-state index < -0.39 is 0 Å². The molecule has 0 aliphatic carbocycles. The summed E-state index contributed by atoms with van der Waals surface area (Å²) in [4.78, 5) is 19.2. The quantitative estimate of drug-likeness (QED) is 0.332. The van der Waals surface area contributed by atoms with Crippen LogP contribution in [0.1, 0.15) is 23.7 Å². The van der Waals surface area contributed by atoms with Gasteiger partial charge in [-0.1, -0.05) is 24.6 Å². The Morgan fingerprint density at radius 2 is 2.12 bits per heavy atom. The number of H-pyrrole nitrogens is 1. The smallest absolute Gasteiger partial charge is 0.257 e. The molecule has 0 radical (unpaired) electrons. The minimum absolute atomic E-state index is 0.0999. The number of ether oxygens (including phenoxy) is 1. The third-order valence-electron chi connectivity index (χ3n) is 5.41. The van der Waals surface area contributed by atoms with Gasteiger partial charge in [0.2, 0.25) is 5.95 Å². The van der Waals surface area contributed by atoms with E-state index in [1.807, 2.05) is 19.1 Å². The van der Waals surface area contributed by atoms with Crippen LogP contribution in [-0.4, -0.2) is 67.7 Å². The minimum Gasteiger partial charge on any atom is -0.496 e. The van der Waals surface area contributed by atoms with Crippen LogP contribution in [0.5, 0.6) is 5.75 Å². The maximum atomic E-state index is 13.0. The number of hydrogen-bond donors (Lipinski definition) is 3. The average molecular weight is 484 g/mol. The summed E-state index contributed by atoms with van der Waals surface area (Å²) in [5, 5.41) is 25.3. The standard InChI is InChI=1S/C23H26ClN7O3/c1-4-9-31(10-11-32)22(33)15-6-5-14(12-19(15)34-3)21-27-23(30(2)29-21)26-18-8-7-17-16(20(18)24)13-25-28-17/h5-8,12-13,32H,4,9-11H2,1-3H3,(H,25,28)(H,26,27,29). The molecule has 0 saturated heterocycles. The first kappa shape index (κ1) is 23.5. The second kappa shape index (κ2) is 10.1. The number of nitrogens with zero attached hydrogens (tertiary/aromatic N) is 5. The summed E-state index contributed by atoms with van der Waals surface area (Å²) in [7, 11) is 3.29. The molecule has 10 nitrogen and oxygen atoms in total. The summed E-state index contributed by atoms with van der Waals surface area (Å²) in [6.45, 7) is 2.70. The molecule has 0 fully saturated rings. The maximum Gasteiger partial charge on any atom is 0.257 e. The van der Waals surface area contributed by atoms with E-state index in [2.05, 4.69) is 25.6 Å². The first-order valence-electron chi connectivity index (χ1n) is 10.8. The van der Waals surface area contributed by atoms with E-state index in [4.69, 9.17) is 16.3 Å².